The largest absolute Gasteiger partial charge is 0.507 e. The Morgan fingerprint density at radius 2 is 1.63 bits per heavy atom. The van der Waals surface area contributed by atoms with E-state index in [1.165, 1.54) is 5.69 Å². The Balaban J connectivity index is 1.54. The molecule has 6 heteroatoms. The number of aromatic nitrogens is 2. The third kappa shape index (κ3) is 3.77. The van der Waals surface area contributed by atoms with Gasteiger partial charge in [0.15, 0.2) is 0 Å². The zero-order valence-electron chi connectivity index (χ0n) is 15.0. The third-order valence-electron chi connectivity index (χ3n) is 4.97. The summed E-state index contributed by atoms with van der Waals surface area (Å²) in [6.07, 6.45) is 1.73. The van der Waals surface area contributed by atoms with Gasteiger partial charge in [-0.25, -0.2) is 0 Å². The van der Waals surface area contributed by atoms with Crippen LogP contribution in [0.2, 0.25) is 0 Å². The molecule has 1 fully saturated rings. The van der Waals surface area contributed by atoms with Crippen molar-refractivity contribution in [2.24, 2.45) is 0 Å². The lowest BCUT2D eigenvalue weighted by atomic mass is 10.0. The Bertz CT molecular complexity index is 906. The number of hydrogen-bond donors (Lipinski definition) is 2. The molecular formula is C21H22N4O2. The fourth-order valence-corrected chi connectivity index (χ4v) is 3.36. The van der Waals surface area contributed by atoms with E-state index in [9.17, 15) is 10.2 Å². The Kier molecular flexibility index (Phi) is 5.00. The van der Waals surface area contributed by atoms with Crippen LogP contribution in [0.5, 0.6) is 5.75 Å². The van der Waals surface area contributed by atoms with Crippen LogP contribution in [0.1, 0.15) is 0 Å². The molecule has 2 heterocycles. The van der Waals surface area contributed by atoms with E-state index in [4.69, 9.17) is 0 Å². The number of aromatic hydroxyl groups is 1. The summed E-state index contributed by atoms with van der Waals surface area (Å²) in [6, 6.07) is 17.5. The average Bonchev–Trinajstić information content (AvgIpc) is 2.74. The first-order chi connectivity index (χ1) is 13.2. The number of nitrogens with zero attached hydrogens (tertiary/aromatic N) is 4. The minimum Gasteiger partial charge on any atom is -0.507 e. The minimum atomic E-state index is 0.126. The van der Waals surface area contributed by atoms with Crippen molar-refractivity contribution in [3.8, 4) is 28.1 Å². The highest BCUT2D eigenvalue weighted by Gasteiger charge is 2.16. The molecule has 27 heavy (non-hydrogen) atoms. The summed E-state index contributed by atoms with van der Waals surface area (Å²) >= 11 is 0. The highest BCUT2D eigenvalue weighted by atomic mass is 16.3. The lowest BCUT2D eigenvalue weighted by Gasteiger charge is -2.35. The van der Waals surface area contributed by atoms with Gasteiger partial charge < -0.3 is 15.1 Å². The second kappa shape index (κ2) is 7.73. The predicted molar refractivity (Wildman–Crippen MR) is 105 cm³/mol. The molecule has 0 radical (unpaired) electrons. The summed E-state index contributed by atoms with van der Waals surface area (Å²) in [7, 11) is 0. The fraction of sp³-hybridized carbons (Fsp3) is 0.238. The molecule has 0 spiro atoms. The van der Waals surface area contributed by atoms with Gasteiger partial charge in [0.05, 0.1) is 18.6 Å². The molecule has 1 saturated heterocycles. The Morgan fingerprint density at radius 1 is 0.889 bits per heavy atom. The second-order valence-electron chi connectivity index (χ2n) is 6.64. The van der Waals surface area contributed by atoms with Gasteiger partial charge >= 0.3 is 0 Å². The number of hydrogen-bond acceptors (Lipinski definition) is 6. The molecular weight excluding hydrogens is 340 g/mol. The van der Waals surface area contributed by atoms with Crippen LogP contribution in [-0.2, 0) is 0 Å². The van der Waals surface area contributed by atoms with Crippen molar-refractivity contribution >= 4 is 5.69 Å². The summed E-state index contributed by atoms with van der Waals surface area (Å²) in [5, 5.41) is 27.5. The quantitative estimate of drug-likeness (QED) is 0.743. The minimum absolute atomic E-state index is 0.126. The molecule has 0 amide bonds. The van der Waals surface area contributed by atoms with Gasteiger partial charge in [-0.05, 0) is 35.9 Å². The molecule has 0 atom stereocenters. The van der Waals surface area contributed by atoms with Gasteiger partial charge in [-0.3, -0.25) is 4.90 Å². The van der Waals surface area contributed by atoms with E-state index in [2.05, 4.69) is 39.4 Å². The summed E-state index contributed by atoms with van der Waals surface area (Å²) in [5.74, 6) is 0.196. The molecule has 2 N–H and O–H groups in total. The van der Waals surface area contributed by atoms with Crippen LogP contribution < -0.4 is 4.90 Å². The van der Waals surface area contributed by atoms with Gasteiger partial charge in [0, 0.05) is 43.0 Å². The summed E-state index contributed by atoms with van der Waals surface area (Å²) in [4.78, 5) is 4.36. The molecule has 0 unspecified atom stereocenters. The second-order valence-corrected chi connectivity index (χ2v) is 6.64. The number of phenolic OH excluding ortho intramolecular Hbond substituents is 1. The number of para-hydroxylation sites is 1. The first-order valence-corrected chi connectivity index (χ1v) is 9.04. The zero-order chi connectivity index (χ0) is 18.6. The molecule has 1 aliphatic heterocycles. The topological polar surface area (TPSA) is 72.7 Å². The lowest BCUT2D eigenvalue weighted by Crippen LogP contribution is -2.46. The zero-order valence-corrected chi connectivity index (χ0v) is 15.0. The first-order valence-electron chi connectivity index (χ1n) is 9.04. The van der Waals surface area contributed by atoms with Crippen molar-refractivity contribution in [1.82, 2.24) is 15.1 Å². The van der Waals surface area contributed by atoms with Crippen molar-refractivity contribution in [3.63, 3.8) is 0 Å². The van der Waals surface area contributed by atoms with Crippen LogP contribution in [0.3, 0.4) is 0 Å². The average molecular weight is 362 g/mol. The van der Waals surface area contributed by atoms with Gasteiger partial charge in [-0.15, -0.1) is 0 Å². The van der Waals surface area contributed by atoms with Crippen molar-refractivity contribution in [2.75, 3.05) is 37.8 Å². The number of aliphatic hydroxyl groups is 1. The molecule has 2 aromatic carbocycles. The maximum atomic E-state index is 10.1. The van der Waals surface area contributed by atoms with Gasteiger partial charge in [-0.2, -0.15) is 10.2 Å². The molecule has 138 valence electrons. The molecule has 3 aromatic rings. The maximum Gasteiger partial charge on any atom is 0.125 e. The van der Waals surface area contributed by atoms with Crippen LogP contribution in [0.4, 0.5) is 5.69 Å². The Hall–Kier alpha value is -2.96. The van der Waals surface area contributed by atoms with E-state index in [-0.39, 0.29) is 12.5 Å². The molecule has 4 rings (SSSR count). The highest BCUT2D eigenvalue weighted by Crippen LogP contribution is 2.30. The molecule has 0 bridgehead atoms. The lowest BCUT2D eigenvalue weighted by molar-refractivity contribution is 0.102. The molecule has 0 aliphatic carbocycles. The van der Waals surface area contributed by atoms with Crippen molar-refractivity contribution < 1.29 is 10.2 Å². The standard InChI is InChI=1S/C21H22N4O2/c26-15-24-9-11-25(12-10-24)18-7-5-16(6-8-18)17-13-20(23-22-14-17)19-3-1-2-4-21(19)27/h1-8,13-14,26-27H,9-12,15H2. The smallest absolute Gasteiger partial charge is 0.125 e. The first kappa shape index (κ1) is 17.5. The molecule has 0 saturated carbocycles. The van der Waals surface area contributed by atoms with Crippen molar-refractivity contribution in [1.29, 1.82) is 0 Å². The fourth-order valence-electron chi connectivity index (χ4n) is 3.36. The van der Waals surface area contributed by atoms with E-state index in [0.29, 0.717) is 11.3 Å². The molecule has 1 aromatic heterocycles. The van der Waals surface area contributed by atoms with E-state index in [0.717, 1.165) is 37.3 Å². The monoisotopic (exact) mass is 362 g/mol. The molecule has 6 nitrogen and oxygen atoms in total. The van der Waals surface area contributed by atoms with Crippen LogP contribution in [-0.4, -0.2) is 58.2 Å². The summed E-state index contributed by atoms with van der Waals surface area (Å²) < 4.78 is 0. The van der Waals surface area contributed by atoms with Gasteiger partial charge in [0.25, 0.3) is 0 Å². The number of piperazine rings is 1. The van der Waals surface area contributed by atoms with Gasteiger partial charge in [0.1, 0.15) is 5.75 Å². The van der Waals surface area contributed by atoms with Crippen molar-refractivity contribution in [3.05, 3.63) is 60.8 Å². The van der Waals surface area contributed by atoms with Crippen LogP contribution >= 0.6 is 0 Å². The van der Waals surface area contributed by atoms with Crippen LogP contribution in [0.15, 0.2) is 60.8 Å². The number of phenols is 1. The van der Waals surface area contributed by atoms with Crippen LogP contribution in [0, 0.1) is 0 Å². The number of aliphatic hydroxyl groups excluding tert-OH is 1. The number of anilines is 1. The Morgan fingerprint density at radius 3 is 2.33 bits per heavy atom. The third-order valence-corrected chi connectivity index (χ3v) is 4.97. The van der Waals surface area contributed by atoms with E-state index in [1.54, 1.807) is 18.3 Å². The van der Waals surface area contributed by atoms with E-state index >= 15 is 0 Å². The van der Waals surface area contributed by atoms with E-state index < -0.39 is 0 Å². The van der Waals surface area contributed by atoms with Gasteiger partial charge in [0.2, 0.25) is 0 Å². The van der Waals surface area contributed by atoms with Gasteiger partial charge in [-0.1, -0.05) is 24.3 Å². The molecule has 1 aliphatic rings. The van der Waals surface area contributed by atoms with E-state index in [1.807, 2.05) is 23.1 Å². The maximum absolute atomic E-state index is 10.1. The Labute approximate surface area is 158 Å². The summed E-state index contributed by atoms with van der Waals surface area (Å²) in [5.41, 5.74) is 4.51. The normalized spacial score (nSPS) is 15.1. The number of rotatable bonds is 4. The van der Waals surface area contributed by atoms with Crippen LogP contribution in [0.25, 0.3) is 22.4 Å². The predicted octanol–water partition coefficient (Wildman–Crippen LogP) is 2.59. The van der Waals surface area contributed by atoms with Crippen molar-refractivity contribution in [2.45, 2.75) is 0 Å². The SMILES string of the molecule is OCN1CCN(c2ccc(-c3cnnc(-c4ccccc4O)c3)cc2)CC1. The summed E-state index contributed by atoms with van der Waals surface area (Å²) in [6.45, 7) is 3.69. The number of benzene rings is 2. The highest BCUT2D eigenvalue weighted by molar-refractivity contribution is 5.73.